The molecule has 2 heterocycles. The van der Waals surface area contributed by atoms with Crippen molar-refractivity contribution in [1.82, 2.24) is 4.90 Å². The second-order valence-corrected chi connectivity index (χ2v) is 7.13. The molecule has 0 aliphatic carbocycles. The highest BCUT2D eigenvalue weighted by Crippen LogP contribution is 2.36. The van der Waals surface area contributed by atoms with Crippen molar-refractivity contribution in [2.75, 3.05) is 18.8 Å². The molecular weight excluding hydrogens is 409 g/mol. The van der Waals surface area contributed by atoms with E-state index < -0.39 is 22.9 Å². The van der Waals surface area contributed by atoms with Gasteiger partial charge in [-0.15, -0.1) is 0 Å². The molecule has 0 aromatic heterocycles. The molecule has 0 radical (unpaired) electrons. The molecule has 0 atom stereocenters. The average Bonchev–Trinajstić information content (AvgIpc) is 3.24. The van der Waals surface area contributed by atoms with Crippen molar-refractivity contribution in [3.05, 3.63) is 58.5 Å². The van der Waals surface area contributed by atoms with Crippen LogP contribution in [0.25, 0.3) is 6.08 Å². The highest BCUT2D eigenvalue weighted by molar-refractivity contribution is 8.18. The van der Waals surface area contributed by atoms with E-state index in [1.54, 1.807) is 24.3 Å². The predicted molar refractivity (Wildman–Crippen MR) is 100 cm³/mol. The summed E-state index contributed by atoms with van der Waals surface area (Å²) in [5, 5.41) is 2.17. The number of benzene rings is 2. The Hall–Kier alpha value is -3.14. The van der Waals surface area contributed by atoms with Crippen LogP contribution in [0.1, 0.15) is 11.1 Å². The van der Waals surface area contributed by atoms with Gasteiger partial charge >= 0.3 is 6.18 Å². The number of carbonyl (C=O) groups is 2. The van der Waals surface area contributed by atoms with E-state index in [9.17, 15) is 22.8 Å². The number of alkyl halides is 3. The zero-order valence-electron chi connectivity index (χ0n) is 14.7. The summed E-state index contributed by atoms with van der Waals surface area (Å²) in [6, 6.07) is 9.66. The molecule has 2 aromatic rings. The number of halogens is 3. The Bertz CT molecular complexity index is 1020. The third-order valence-electron chi connectivity index (χ3n) is 4.20. The minimum absolute atomic E-state index is 0.122. The van der Waals surface area contributed by atoms with Gasteiger partial charge in [-0.2, -0.15) is 13.2 Å². The lowest BCUT2D eigenvalue weighted by atomic mass is 10.2. The number of thioether (sulfide) groups is 1. The van der Waals surface area contributed by atoms with Gasteiger partial charge in [0.2, 0.25) is 6.79 Å². The van der Waals surface area contributed by atoms with Crippen molar-refractivity contribution in [3.8, 4) is 11.5 Å². The molecule has 150 valence electrons. The van der Waals surface area contributed by atoms with Crippen molar-refractivity contribution in [2.24, 2.45) is 0 Å². The Labute approximate surface area is 167 Å². The molecule has 1 fully saturated rings. The third kappa shape index (κ3) is 4.02. The molecule has 0 spiro atoms. The van der Waals surface area contributed by atoms with Gasteiger partial charge in [0.05, 0.1) is 17.1 Å². The van der Waals surface area contributed by atoms with Crippen molar-refractivity contribution in [1.29, 1.82) is 0 Å². The van der Waals surface area contributed by atoms with Gasteiger partial charge in [-0.25, -0.2) is 0 Å². The van der Waals surface area contributed by atoms with Crippen LogP contribution in [0.2, 0.25) is 0 Å². The van der Waals surface area contributed by atoms with Crippen LogP contribution < -0.4 is 14.8 Å². The first-order valence-electron chi connectivity index (χ1n) is 8.37. The fourth-order valence-corrected chi connectivity index (χ4v) is 3.60. The van der Waals surface area contributed by atoms with Crippen molar-refractivity contribution >= 4 is 34.7 Å². The minimum atomic E-state index is -4.48. The lowest BCUT2D eigenvalue weighted by Gasteiger charge is -2.15. The van der Waals surface area contributed by atoms with Crippen LogP contribution in [-0.2, 0) is 11.0 Å². The van der Waals surface area contributed by atoms with Crippen LogP contribution in [0.4, 0.5) is 23.7 Å². The van der Waals surface area contributed by atoms with E-state index in [-0.39, 0.29) is 24.1 Å². The maximum atomic E-state index is 12.8. The number of hydrogen-bond acceptors (Lipinski definition) is 6. The van der Waals surface area contributed by atoms with Gasteiger partial charge in [-0.3, -0.25) is 14.5 Å². The first-order valence-corrected chi connectivity index (χ1v) is 9.19. The number of amides is 2. The zero-order chi connectivity index (χ0) is 20.6. The maximum Gasteiger partial charge on any atom is 0.416 e. The van der Waals surface area contributed by atoms with E-state index >= 15 is 0 Å². The molecule has 2 aliphatic heterocycles. The molecule has 0 bridgehead atoms. The lowest BCUT2D eigenvalue weighted by molar-refractivity contribution is -0.137. The van der Waals surface area contributed by atoms with Gasteiger partial charge < -0.3 is 14.8 Å². The molecule has 2 aromatic carbocycles. The van der Waals surface area contributed by atoms with E-state index in [0.29, 0.717) is 17.1 Å². The van der Waals surface area contributed by atoms with Crippen LogP contribution >= 0.6 is 11.8 Å². The van der Waals surface area contributed by atoms with Gasteiger partial charge in [0.1, 0.15) is 0 Å². The average molecular weight is 422 g/mol. The smallest absolute Gasteiger partial charge is 0.416 e. The van der Waals surface area contributed by atoms with Crippen molar-refractivity contribution < 1.29 is 32.2 Å². The third-order valence-corrected chi connectivity index (χ3v) is 5.11. The topological polar surface area (TPSA) is 67.9 Å². The van der Waals surface area contributed by atoms with E-state index in [1.165, 1.54) is 12.1 Å². The summed E-state index contributed by atoms with van der Waals surface area (Å²) in [7, 11) is 0. The Kier molecular flexibility index (Phi) is 4.87. The van der Waals surface area contributed by atoms with E-state index in [1.807, 2.05) is 0 Å². The summed E-state index contributed by atoms with van der Waals surface area (Å²) in [4.78, 5) is 25.9. The number of ether oxygens (including phenoxy) is 2. The number of fused-ring (bicyclic) bond motifs is 1. The largest absolute Gasteiger partial charge is 0.454 e. The van der Waals surface area contributed by atoms with Crippen LogP contribution in [0, 0.1) is 0 Å². The van der Waals surface area contributed by atoms with E-state index in [4.69, 9.17) is 9.47 Å². The second kappa shape index (κ2) is 7.36. The SMILES string of the molecule is O=C1S/C(=C\c2ccc3c(c2)OCO3)C(=O)N1CNc1cccc(C(F)(F)F)c1. The number of hydrogen-bond donors (Lipinski definition) is 1. The molecule has 6 nitrogen and oxygen atoms in total. The number of nitrogens with zero attached hydrogens (tertiary/aromatic N) is 1. The quantitative estimate of drug-likeness (QED) is 0.730. The molecule has 2 amide bonds. The molecular formula is C19H13F3N2O4S. The zero-order valence-corrected chi connectivity index (χ0v) is 15.5. The summed E-state index contributed by atoms with van der Waals surface area (Å²) in [5.41, 5.74) is -0.0106. The number of rotatable bonds is 4. The molecule has 0 unspecified atom stereocenters. The predicted octanol–water partition coefficient (Wildman–Crippen LogP) is 4.54. The fourth-order valence-electron chi connectivity index (χ4n) is 2.77. The molecule has 29 heavy (non-hydrogen) atoms. The first kappa shape index (κ1) is 19.2. The van der Waals surface area contributed by atoms with Crippen LogP contribution in [0.5, 0.6) is 11.5 Å². The number of carbonyl (C=O) groups excluding carboxylic acids is 2. The molecule has 10 heteroatoms. The highest BCUT2D eigenvalue weighted by Gasteiger charge is 2.35. The molecule has 2 aliphatic rings. The van der Waals surface area contributed by atoms with Gasteiger partial charge in [-0.05, 0) is 53.7 Å². The van der Waals surface area contributed by atoms with Crippen molar-refractivity contribution in [3.63, 3.8) is 0 Å². The van der Waals surface area contributed by atoms with Gasteiger partial charge in [0.25, 0.3) is 11.1 Å². The number of nitrogens with one attached hydrogen (secondary N) is 1. The number of imide groups is 1. The summed E-state index contributed by atoms with van der Waals surface area (Å²) in [6.07, 6.45) is -2.93. The van der Waals surface area contributed by atoms with Gasteiger partial charge in [0, 0.05) is 5.69 Å². The summed E-state index contributed by atoms with van der Waals surface area (Å²) in [6.45, 7) is -0.124. The van der Waals surface area contributed by atoms with E-state index in [0.717, 1.165) is 28.8 Å². The summed E-state index contributed by atoms with van der Waals surface area (Å²) >= 11 is 0.759. The lowest BCUT2D eigenvalue weighted by Crippen LogP contribution is -2.33. The summed E-state index contributed by atoms with van der Waals surface area (Å²) < 4.78 is 48.9. The molecule has 1 N–H and O–H groups in total. The van der Waals surface area contributed by atoms with Crippen molar-refractivity contribution in [2.45, 2.75) is 6.18 Å². The fraction of sp³-hybridized carbons (Fsp3) is 0.158. The summed E-state index contributed by atoms with van der Waals surface area (Å²) in [5.74, 6) is 0.613. The monoisotopic (exact) mass is 422 g/mol. The van der Waals surface area contributed by atoms with Gasteiger partial charge in [-0.1, -0.05) is 12.1 Å². The minimum Gasteiger partial charge on any atom is -0.454 e. The normalized spacial score (nSPS) is 17.3. The van der Waals surface area contributed by atoms with Crippen LogP contribution in [0.3, 0.4) is 0 Å². The highest BCUT2D eigenvalue weighted by atomic mass is 32.2. The molecule has 1 saturated heterocycles. The van der Waals surface area contributed by atoms with Crippen LogP contribution in [-0.4, -0.2) is 29.5 Å². The first-order chi connectivity index (χ1) is 13.8. The maximum absolute atomic E-state index is 12.8. The standard InChI is InChI=1S/C19H13F3N2O4S/c20-19(21,22)12-2-1-3-13(8-12)23-9-24-17(25)16(29-18(24)26)7-11-4-5-14-15(6-11)28-10-27-14/h1-8,23H,9-10H2/b16-7-. The molecule has 0 saturated carbocycles. The van der Waals surface area contributed by atoms with Crippen LogP contribution in [0.15, 0.2) is 47.4 Å². The Morgan fingerprint density at radius 1 is 1.10 bits per heavy atom. The molecule has 4 rings (SSSR count). The Morgan fingerprint density at radius 3 is 2.69 bits per heavy atom. The second-order valence-electron chi connectivity index (χ2n) is 6.14. The van der Waals surface area contributed by atoms with E-state index in [2.05, 4.69) is 5.32 Å². The van der Waals surface area contributed by atoms with Gasteiger partial charge in [0.15, 0.2) is 11.5 Å². The number of anilines is 1. The Morgan fingerprint density at radius 2 is 1.90 bits per heavy atom. The Balaban J connectivity index is 1.46.